The molecule has 0 amide bonds. The highest BCUT2D eigenvalue weighted by Crippen LogP contribution is 2.40. The number of carbonyl (C=O) groups is 6. The zero-order valence-electron chi connectivity index (χ0n) is 43.7. The summed E-state index contributed by atoms with van der Waals surface area (Å²) < 4.78 is 119. The van der Waals surface area contributed by atoms with Crippen molar-refractivity contribution in [1.29, 1.82) is 0 Å². The summed E-state index contributed by atoms with van der Waals surface area (Å²) in [5.74, 6) is -8.18. The summed E-state index contributed by atoms with van der Waals surface area (Å²) in [6.45, 7) is 7.51. The second-order valence-corrected chi connectivity index (χ2v) is 15.1. The first-order valence-corrected chi connectivity index (χ1v) is 22.4. The summed E-state index contributed by atoms with van der Waals surface area (Å²) in [7, 11) is 8.39. The van der Waals surface area contributed by atoms with Crippen molar-refractivity contribution < 1.29 is 103 Å². The van der Waals surface area contributed by atoms with Crippen molar-refractivity contribution in [3.63, 3.8) is 0 Å². The Kier molecular flexibility index (Phi) is 35.5. The molecule has 0 saturated carbocycles. The third-order valence-electron chi connectivity index (χ3n) is 9.27. The number of halogens is 6. The third-order valence-corrected chi connectivity index (χ3v) is 9.27. The van der Waals surface area contributed by atoms with Gasteiger partial charge in [0.25, 0.3) is 0 Å². The van der Waals surface area contributed by atoms with Crippen molar-refractivity contribution in [1.82, 2.24) is 5.32 Å². The highest BCUT2D eigenvalue weighted by Gasteiger charge is 2.37. The van der Waals surface area contributed by atoms with E-state index >= 15 is 0 Å². The molecule has 0 bridgehead atoms. The average molecular weight is 1090 g/mol. The number of hydrogen-bond donors (Lipinski definition) is 2. The number of ether oxygens (including phenoxy) is 8. The van der Waals surface area contributed by atoms with Gasteiger partial charge in [0.15, 0.2) is 6.29 Å². The van der Waals surface area contributed by atoms with Crippen molar-refractivity contribution in [2.45, 2.75) is 40.0 Å². The highest BCUT2D eigenvalue weighted by atomic mass is 19.2. The molecule has 1 heterocycles. The summed E-state index contributed by atoms with van der Waals surface area (Å²) in [6, 6.07) is 10.3. The van der Waals surface area contributed by atoms with Gasteiger partial charge in [-0.25, -0.2) is 50.5 Å². The van der Waals surface area contributed by atoms with Gasteiger partial charge in [0, 0.05) is 68.7 Å². The molecular formula is C52H64F6N2O16. The zero-order chi connectivity index (χ0) is 57.8. The molecule has 0 saturated heterocycles. The van der Waals surface area contributed by atoms with Gasteiger partial charge in [-0.15, -0.1) is 0 Å². The molecule has 3 N–H and O–H groups in total. The topological polar surface area (TPSA) is 233 Å². The Morgan fingerprint density at radius 1 is 0.618 bits per heavy atom. The van der Waals surface area contributed by atoms with E-state index < -0.39 is 70.3 Å². The first-order chi connectivity index (χ1) is 36.1. The number of rotatable bonds is 22. The lowest BCUT2D eigenvalue weighted by Gasteiger charge is -2.31. The highest BCUT2D eigenvalue weighted by molar-refractivity contribution is 5.95. The van der Waals surface area contributed by atoms with Crippen molar-refractivity contribution >= 4 is 42.0 Å². The van der Waals surface area contributed by atoms with Crippen LogP contribution in [-0.2, 0) is 71.6 Å². The number of nitrogens with one attached hydrogen (secondary N) is 1. The van der Waals surface area contributed by atoms with Gasteiger partial charge < -0.3 is 48.9 Å². The fourth-order valence-electron chi connectivity index (χ4n) is 5.80. The van der Waals surface area contributed by atoms with E-state index in [1.54, 1.807) is 20.8 Å². The Morgan fingerprint density at radius 3 is 1.53 bits per heavy atom. The SMILES string of the molecule is COC(=O)/C=C(\C)N.COCCOC(=O)/C(=C/c1c(F)cccc1F)COC.COCCOC(=O)CC(C)=O.COCCOOCC1=C(C)NC(C)=C(C(=O)OC)C1c1c(F)cccc1F.O=Cc1c(F)cccc1F. The fraction of sp³-hybridized carbons (Fsp3) is 0.385. The molecule has 1 aliphatic heterocycles. The van der Waals surface area contributed by atoms with Crippen LogP contribution in [0.3, 0.4) is 0 Å². The molecule has 0 radical (unpaired) electrons. The number of ketones is 1. The van der Waals surface area contributed by atoms with Crippen LogP contribution in [0.25, 0.3) is 6.08 Å². The van der Waals surface area contributed by atoms with E-state index in [-0.39, 0.29) is 80.4 Å². The summed E-state index contributed by atoms with van der Waals surface area (Å²) in [5, 5.41) is 3.04. The molecule has 18 nitrogen and oxygen atoms in total. The predicted octanol–water partition coefficient (Wildman–Crippen LogP) is 7.11. The van der Waals surface area contributed by atoms with E-state index in [4.69, 9.17) is 39.2 Å². The quantitative estimate of drug-likeness (QED) is 0.0117. The number of carbonyl (C=O) groups excluding carboxylic acids is 6. The maximum absolute atomic E-state index is 14.5. The second-order valence-electron chi connectivity index (χ2n) is 15.1. The molecule has 0 fully saturated rings. The van der Waals surface area contributed by atoms with Crippen LogP contribution in [0, 0.1) is 34.9 Å². The number of allylic oxidation sites excluding steroid dienone is 3. The number of aldehydes is 1. The van der Waals surface area contributed by atoms with Gasteiger partial charge in [-0.3, -0.25) is 14.4 Å². The van der Waals surface area contributed by atoms with Crippen LogP contribution >= 0.6 is 0 Å². The number of benzene rings is 3. The normalized spacial score (nSPS) is 12.9. The Labute approximate surface area is 436 Å². The second kappa shape index (κ2) is 39.2. The first-order valence-electron chi connectivity index (χ1n) is 22.4. The van der Waals surface area contributed by atoms with E-state index in [1.165, 1.54) is 73.9 Å². The van der Waals surface area contributed by atoms with Crippen molar-refractivity contribution in [3.05, 3.63) is 146 Å². The Morgan fingerprint density at radius 2 is 1.11 bits per heavy atom. The molecule has 0 aromatic heterocycles. The molecule has 1 aliphatic rings. The van der Waals surface area contributed by atoms with E-state index in [1.807, 2.05) is 0 Å². The maximum Gasteiger partial charge on any atom is 0.336 e. The van der Waals surface area contributed by atoms with Crippen molar-refractivity contribution in [2.75, 3.05) is 95.5 Å². The van der Waals surface area contributed by atoms with Crippen LogP contribution in [0.1, 0.15) is 61.5 Å². The standard InChI is InChI=1S/C19H23F2NO5.C14H16F2O4.C7H4F2O.C7H12O4.C5H9NO2/c1-11-13(10-27-26-9-8-24-3)17(16(12(2)22-11)19(23)25-4)18-14(20)6-5-7-15(18)21;1-18-6-7-20-14(17)10(9-19-2)8-11-12(15)4-3-5-13(11)16;8-6-2-1-3-7(9)5(6)4-10;1-6(8)5-7(9)11-4-3-10-2;1-4(6)3-5(7)8-2/h5-7,17,22H,8-10H2,1-4H3;3-5,8H,6-7,9H2,1-2H3;1-4H;3-5H2,1-2H3;3H,6H2,1-2H3/b;10-8+;;;4-3+. The van der Waals surface area contributed by atoms with Crippen LogP contribution in [0.2, 0.25) is 0 Å². The number of methoxy groups -OCH3 is 6. The average Bonchev–Trinajstić information content (AvgIpc) is 3.35. The lowest BCUT2D eigenvalue weighted by Crippen LogP contribution is -2.31. The zero-order valence-corrected chi connectivity index (χ0v) is 43.7. The molecule has 76 heavy (non-hydrogen) atoms. The molecule has 420 valence electrons. The minimum absolute atomic E-state index is 0.0209. The maximum atomic E-state index is 14.5. The van der Waals surface area contributed by atoms with Gasteiger partial charge in [-0.2, -0.15) is 0 Å². The Bertz CT molecular complexity index is 2420. The molecular weight excluding hydrogens is 1020 g/mol. The van der Waals surface area contributed by atoms with Crippen LogP contribution in [0.5, 0.6) is 0 Å². The molecule has 1 unspecified atom stereocenters. The smallest absolute Gasteiger partial charge is 0.336 e. The summed E-state index contributed by atoms with van der Waals surface area (Å²) in [6.07, 6.45) is 2.32. The molecule has 3 aromatic rings. The lowest BCUT2D eigenvalue weighted by molar-refractivity contribution is -0.292. The van der Waals surface area contributed by atoms with Crippen molar-refractivity contribution in [2.24, 2.45) is 5.73 Å². The molecule has 0 spiro atoms. The van der Waals surface area contributed by atoms with Gasteiger partial charge in [-0.05, 0) is 75.7 Å². The number of Topliss-reactive ketones (excluding diaryl/α,β-unsaturated/α-hetero) is 1. The van der Waals surface area contributed by atoms with Gasteiger partial charge in [0.2, 0.25) is 0 Å². The van der Waals surface area contributed by atoms with E-state index in [0.29, 0.717) is 35.9 Å². The monoisotopic (exact) mass is 1090 g/mol. The molecule has 4 rings (SSSR count). The van der Waals surface area contributed by atoms with Gasteiger partial charge in [0.05, 0.1) is 57.4 Å². The predicted molar refractivity (Wildman–Crippen MR) is 262 cm³/mol. The van der Waals surface area contributed by atoms with E-state index in [0.717, 1.165) is 42.5 Å². The third kappa shape index (κ3) is 26.3. The fourth-order valence-corrected chi connectivity index (χ4v) is 5.80. The van der Waals surface area contributed by atoms with Crippen molar-refractivity contribution in [3.8, 4) is 0 Å². The molecule has 3 aromatic carbocycles. The minimum Gasteiger partial charge on any atom is -0.466 e. The molecule has 0 aliphatic carbocycles. The Hall–Kier alpha value is -7.22. The summed E-state index contributed by atoms with van der Waals surface area (Å²) in [5.41, 5.74) is 6.19. The minimum atomic E-state index is -1.01. The number of dihydropyridines is 1. The summed E-state index contributed by atoms with van der Waals surface area (Å²) >= 11 is 0. The molecule has 1 atom stereocenters. The Balaban J connectivity index is 0.00000100. The van der Waals surface area contributed by atoms with Crippen LogP contribution in [0.15, 0.2) is 94.5 Å². The van der Waals surface area contributed by atoms with Gasteiger partial charge >= 0.3 is 23.9 Å². The van der Waals surface area contributed by atoms with Crippen LogP contribution in [-0.4, -0.2) is 131 Å². The van der Waals surface area contributed by atoms with E-state index in [2.05, 4.69) is 19.5 Å². The van der Waals surface area contributed by atoms with Gasteiger partial charge in [-0.1, -0.05) is 18.2 Å². The first kappa shape index (κ1) is 68.8. The van der Waals surface area contributed by atoms with Crippen LogP contribution < -0.4 is 11.1 Å². The lowest BCUT2D eigenvalue weighted by atomic mass is 9.80. The number of hydrogen-bond acceptors (Lipinski definition) is 18. The van der Waals surface area contributed by atoms with Gasteiger partial charge in [0.1, 0.15) is 73.5 Å². The number of esters is 4. The largest absolute Gasteiger partial charge is 0.466 e. The van der Waals surface area contributed by atoms with E-state index in [9.17, 15) is 55.1 Å². The van der Waals surface area contributed by atoms with Crippen LogP contribution in [0.4, 0.5) is 26.3 Å². The summed E-state index contributed by atoms with van der Waals surface area (Å²) in [4.78, 5) is 75.5. The number of nitrogens with two attached hydrogens (primary N) is 1. The molecule has 24 heteroatoms.